The van der Waals surface area contributed by atoms with Crippen molar-refractivity contribution in [3.63, 3.8) is 0 Å². The Morgan fingerprint density at radius 2 is 2.06 bits per heavy atom. The molecule has 0 aliphatic carbocycles. The standard InChI is InChI=1S/C14H20N2O2/c1-9-13(17)16(5)11-7-6-10(8-12(11)18-9)14(2,3)15-4/h6-9,15H,1-5H3. The Labute approximate surface area is 108 Å². The Balaban J connectivity index is 2.45. The van der Waals surface area contributed by atoms with Crippen LogP contribution in [0.4, 0.5) is 5.69 Å². The summed E-state index contributed by atoms with van der Waals surface area (Å²) in [5, 5.41) is 3.26. The molecule has 1 amide bonds. The van der Waals surface area contributed by atoms with Gasteiger partial charge >= 0.3 is 0 Å². The monoisotopic (exact) mass is 248 g/mol. The molecule has 1 aliphatic rings. The van der Waals surface area contributed by atoms with Crippen LogP contribution in [0.25, 0.3) is 0 Å². The second-order valence-electron chi connectivity index (χ2n) is 5.21. The number of hydrogen-bond donors (Lipinski definition) is 1. The highest BCUT2D eigenvalue weighted by Crippen LogP contribution is 2.36. The number of fused-ring (bicyclic) bond motifs is 1. The summed E-state index contributed by atoms with van der Waals surface area (Å²) in [7, 11) is 3.71. The zero-order valence-corrected chi connectivity index (χ0v) is 11.6. The highest BCUT2D eigenvalue weighted by molar-refractivity contribution is 5.99. The number of nitrogens with zero attached hydrogens (tertiary/aromatic N) is 1. The number of amides is 1. The normalized spacial score (nSPS) is 19.5. The van der Waals surface area contributed by atoms with E-state index in [-0.39, 0.29) is 11.4 Å². The molecule has 0 spiro atoms. The largest absolute Gasteiger partial charge is 0.479 e. The third-order valence-corrected chi connectivity index (χ3v) is 3.65. The predicted octanol–water partition coefficient (Wildman–Crippen LogP) is 1.88. The summed E-state index contributed by atoms with van der Waals surface area (Å²) >= 11 is 0. The highest BCUT2D eigenvalue weighted by Gasteiger charge is 2.30. The fraction of sp³-hybridized carbons (Fsp3) is 0.500. The lowest BCUT2D eigenvalue weighted by molar-refractivity contribution is -0.125. The average molecular weight is 248 g/mol. The first-order valence-corrected chi connectivity index (χ1v) is 6.14. The SMILES string of the molecule is CNC(C)(C)c1ccc2c(c1)OC(C)C(=O)N2C. The van der Waals surface area contributed by atoms with E-state index in [2.05, 4.69) is 19.2 Å². The van der Waals surface area contributed by atoms with Crippen LogP contribution >= 0.6 is 0 Å². The summed E-state index contributed by atoms with van der Waals surface area (Å²) in [4.78, 5) is 13.5. The van der Waals surface area contributed by atoms with Gasteiger partial charge in [0.05, 0.1) is 5.69 Å². The van der Waals surface area contributed by atoms with Crippen LogP contribution in [0.1, 0.15) is 26.3 Å². The van der Waals surface area contributed by atoms with E-state index in [1.807, 2.05) is 25.2 Å². The van der Waals surface area contributed by atoms with E-state index in [0.717, 1.165) is 17.0 Å². The van der Waals surface area contributed by atoms with Gasteiger partial charge in [0.25, 0.3) is 5.91 Å². The third kappa shape index (κ3) is 1.97. The molecule has 1 aromatic carbocycles. The molecule has 1 N–H and O–H groups in total. The molecule has 4 nitrogen and oxygen atoms in total. The van der Waals surface area contributed by atoms with E-state index in [1.165, 1.54) is 0 Å². The molecule has 1 unspecified atom stereocenters. The molecule has 0 saturated heterocycles. The minimum Gasteiger partial charge on any atom is -0.479 e. The van der Waals surface area contributed by atoms with Crippen LogP contribution in [-0.2, 0) is 10.3 Å². The summed E-state index contributed by atoms with van der Waals surface area (Å²) in [6, 6.07) is 5.97. The predicted molar refractivity (Wildman–Crippen MR) is 72.0 cm³/mol. The van der Waals surface area contributed by atoms with Gasteiger partial charge in [-0.15, -0.1) is 0 Å². The summed E-state index contributed by atoms with van der Waals surface area (Å²) in [6.07, 6.45) is -0.421. The Kier molecular flexibility index (Phi) is 3.07. The summed E-state index contributed by atoms with van der Waals surface area (Å²) in [5.74, 6) is 0.758. The van der Waals surface area contributed by atoms with Gasteiger partial charge in [0.1, 0.15) is 5.75 Å². The second-order valence-corrected chi connectivity index (χ2v) is 5.21. The molecular weight excluding hydrogens is 228 g/mol. The van der Waals surface area contributed by atoms with Gasteiger partial charge in [-0.05, 0) is 45.5 Å². The summed E-state index contributed by atoms with van der Waals surface area (Å²) in [6.45, 7) is 5.99. The number of anilines is 1. The maximum atomic E-state index is 11.8. The molecule has 1 aliphatic heterocycles. The molecule has 1 atom stereocenters. The minimum atomic E-state index is -0.421. The van der Waals surface area contributed by atoms with Gasteiger partial charge in [-0.25, -0.2) is 0 Å². The number of ether oxygens (including phenoxy) is 1. The molecular formula is C14H20N2O2. The molecule has 0 aromatic heterocycles. The van der Waals surface area contributed by atoms with Gasteiger partial charge in [-0.1, -0.05) is 6.07 Å². The molecule has 18 heavy (non-hydrogen) atoms. The fourth-order valence-corrected chi connectivity index (χ4v) is 2.05. The second kappa shape index (κ2) is 4.28. The first-order chi connectivity index (χ1) is 8.36. The van der Waals surface area contributed by atoms with Gasteiger partial charge in [-0.3, -0.25) is 4.79 Å². The molecule has 98 valence electrons. The van der Waals surface area contributed by atoms with Crippen molar-refractivity contribution in [2.24, 2.45) is 0 Å². The third-order valence-electron chi connectivity index (χ3n) is 3.65. The molecule has 2 rings (SSSR count). The van der Waals surface area contributed by atoms with Crippen molar-refractivity contribution in [2.45, 2.75) is 32.4 Å². The summed E-state index contributed by atoms with van der Waals surface area (Å²) < 4.78 is 5.68. The van der Waals surface area contributed by atoms with Gasteiger partial charge < -0.3 is 15.0 Å². The highest BCUT2D eigenvalue weighted by atomic mass is 16.5. The number of nitrogens with one attached hydrogen (secondary N) is 1. The molecule has 0 radical (unpaired) electrons. The maximum absolute atomic E-state index is 11.8. The van der Waals surface area contributed by atoms with Crippen LogP contribution in [0.5, 0.6) is 5.75 Å². The Bertz CT molecular complexity index is 483. The van der Waals surface area contributed by atoms with Gasteiger partial charge in [0.15, 0.2) is 6.10 Å². The number of hydrogen-bond acceptors (Lipinski definition) is 3. The van der Waals surface area contributed by atoms with E-state index in [4.69, 9.17) is 4.74 Å². The zero-order valence-electron chi connectivity index (χ0n) is 11.6. The summed E-state index contributed by atoms with van der Waals surface area (Å²) in [5.41, 5.74) is 1.84. The van der Waals surface area contributed by atoms with Crippen molar-refractivity contribution >= 4 is 11.6 Å². The van der Waals surface area contributed by atoms with Crippen LogP contribution in [0, 0.1) is 0 Å². The van der Waals surface area contributed by atoms with Crippen LogP contribution in [-0.4, -0.2) is 26.1 Å². The zero-order chi connectivity index (χ0) is 13.5. The Hall–Kier alpha value is -1.55. The quantitative estimate of drug-likeness (QED) is 0.869. The molecule has 0 saturated carbocycles. The van der Waals surface area contributed by atoms with Gasteiger partial charge in [0, 0.05) is 12.6 Å². The number of rotatable bonds is 2. The lowest BCUT2D eigenvalue weighted by atomic mass is 9.93. The Morgan fingerprint density at radius 1 is 1.39 bits per heavy atom. The van der Waals surface area contributed by atoms with E-state index in [1.54, 1.807) is 18.9 Å². The van der Waals surface area contributed by atoms with Crippen molar-refractivity contribution in [3.8, 4) is 5.75 Å². The smallest absolute Gasteiger partial charge is 0.267 e. The van der Waals surface area contributed by atoms with Crippen molar-refractivity contribution < 1.29 is 9.53 Å². The van der Waals surface area contributed by atoms with Crippen LogP contribution in [0.3, 0.4) is 0 Å². The van der Waals surface area contributed by atoms with E-state index in [0.29, 0.717) is 0 Å². The Morgan fingerprint density at radius 3 is 2.67 bits per heavy atom. The van der Waals surface area contributed by atoms with Crippen molar-refractivity contribution in [2.75, 3.05) is 19.0 Å². The molecule has 0 bridgehead atoms. The van der Waals surface area contributed by atoms with Gasteiger partial charge in [0.2, 0.25) is 0 Å². The fourth-order valence-electron chi connectivity index (χ4n) is 2.05. The lowest BCUT2D eigenvalue weighted by Gasteiger charge is -2.32. The number of likely N-dealkylation sites (N-methyl/N-ethyl adjacent to an activating group) is 1. The van der Waals surface area contributed by atoms with Crippen LogP contribution in [0.15, 0.2) is 18.2 Å². The molecule has 4 heteroatoms. The van der Waals surface area contributed by atoms with Crippen LogP contribution in [0.2, 0.25) is 0 Å². The topological polar surface area (TPSA) is 41.6 Å². The lowest BCUT2D eigenvalue weighted by Crippen LogP contribution is -2.42. The number of carbonyl (C=O) groups excluding carboxylic acids is 1. The molecule has 1 aromatic rings. The van der Waals surface area contributed by atoms with E-state index in [9.17, 15) is 4.79 Å². The van der Waals surface area contributed by atoms with Crippen molar-refractivity contribution in [1.29, 1.82) is 0 Å². The minimum absolute atomic E-state index is 0.0110. The van der Waals surface area contributed by atoms with Crippen molar-refractivity contribution in [3.05, 3.63) is 23.8 Å². The van der Waals surface area contributed by atoms with Crippen LogP contribution < -0.4 is 15.0 Å². The first-order valence-electron chi connectivity index (χ1n) is 6.14. The average Bonchev–Trinajstić information content (AvgIpc) is 2.35. The van der Waals surface area contributed by atoms with Crippen molar-refractivity contribution in [1.82, 2.24) is 5.32 Å². The first kappa shape index (κ1) is 12.9. The van der Waals surface area contributed by atoms with E-state index >= 15 is 0 Å². The van der Waals surface area contributed by atoms with Gasteiger partial charge in [-0.2, -0.15) is 0 Å². The number of carbonyl (C=O) groups is 1. The molecule has 0 fully saturated rings. The maximum Gasteiger partial charge on any atom is 0.267 e. The number of benzene rings is 1. The molecule has 1 heterocycles. The van der Waals surface area contributed by atoms with E-state index < -0.39 is 6.10 Å².